The van der Waals surface area contributed by atoms with Crippen LogP contribution in [0.15, 0.2) is 18.2 Å². The van der Waals surface area contributed by atoms with Crippen molar-refractivity contribution in [2.75, 3.05) is 11.4 Å². The molecule has 1 unspecified atom stereocenters. The van der Waals surface area contributed by atoms with Gasteiger partial charge in [-0.2, -0.15) is 0 Å². The summed E-state index contributed by atoms with van der Waals surface area (Å²) in [5, 5.41) is 9.54. The molecule has 0 fully saturated rings. The minimum Gasteiger partial charge on any atom is -0.393 e. The zero-order valence-electron chi connectivity index (χ0n) is 10.4. The first-order valence-electron chi connectivity index (χ1n) is 6.15. The lowest BCUT2D eigenvalue weighted by molar-refractivity contribution is 0.195. The van der Waals surface area contributed by atoms with Crippen LogP contribution >= 0.6 is 0 Å². The van der Waals surface area contributed by atoms with Gasteiger partial charge in [0.25, 0.3) is 0 Å². The fourth-order valence-corrected chi connectivity index (χ4v) is 2.57. The predicted octanol–water partition coefficient (Wildman–Crippen LogP) is 2.38. The van der Waals surface area contributed by atoms with Crippen LogP contribution in [0.1, 0.15) is 31.9 Å². The molecule has 1 aliphatic heterocycles. The maximum absolute atomic E-state index is 9.54. The lowest BCUT2D eigenvalue weighted by atomic mass is 10.0. The van der Waals surface area contributed by atoms with Gasteiger partial charge in [0, 0.05) is 24.7 Å². The Hall–Kier alpha value is -1.02. The summed E-state index contributed by atoms with van der Waals surface area (Å²) in [7, 11) is 0. The van der Waals surface area contributed by atoms with Crippen LogP contribution in [0.25, 0.3) is 0 Å². The molecule has 1 aliphatic rings. The van der Waals surface area contributed by atoms with Crippen molar-refractivity contribution in [3.8, 4) is 0 Å². The van der Waals surface area contributed by atoms with Crippen molar-refractivity contribution in [2.24, 2.45) is 0 Å². The van der Waals surface area contributed by atoms with Crippen molar-refractivity contribution < 1.29 is 5.11 Å². The van der Waals surface area contributed by atoms with Crippen LogP contribution in [0.4, 0.5) is 5.69 Å². The summed E-state index contributed by atoms with van der Waals surface area (Å²) >= 11 is 0. The molecular weight excluding hydrogens is 198 g/mol. The lowest BCUT2D eigenvalue weighted by Gasteiger charge is -2.26. The van der Waals surface area contributed by atoms with E-state index in [2.05, 4.69) is 36.9 Å². The van der Waals surface area contributed by atoms with Gasteiger partial charge in [-0.05, 0) is 38.3 Å². The quantitative estimate of drug-likeness (QED) is 0.843. The Bertz CT molecular complexity index is 371. The highest BCUT2D eigenvalue weighted by Gasteiger charge is 2.24. The first-order chi connectivity index (χ1) is 7.59. The second kappa shape index (κ2) is 4.46. The fraction of sp³-hybridized carbons (Fsp3) is 0.571. The lowest BCUT2D eigenvalue weighted by Crippen LogP contribution is -2.29. The van der Waals surface area contributed by atoms with E-state index in [4.69, 9.17) is 0 Å². The number of fused-ring (bicyclic) bond motifs is 1. The maximum Gasteiger partial charge on any atom is 0.0553 e. The average molecular weight is 219 g/mol. The largest absolute Gasteiger partial charge is 0.393 e. The molecule has 1 heterocycles. The van der Waals surface area contributed by atoms with Gasteiger partial charge >= 0.3 is 0 Å². The van der Waals surface area contributed by atoms with E-state index in [-0.39, 0.29) is 6.10 Å². The molecule has 1 atom stereocenters. The summed E-state index contributed by atoms with van der Waals surface area (Å²) in [4.78, 5) is 2.45. The minimum absolute atomic E-state index is 0.263. The van der Waals surface area contributed by atoms with Crippen molar-refractivity contribution in [2.45, 2.75) is 45.8 Å². The number of nitrogens with zero attached hydrogens (tertiary/aromatic N) is 1. The maximum atomic E-state index is 9.54. The molecule has 0 aliphatic carbocycles. The molecule has 1 aromatic rings. The van der Waals surface area contributed by atoms with E-state index in [1.165, 1.54) is 16.8 Å². The third-order valence-electron chi connectivity index (χ3n) is 3.25. The third-order valence-corrected chi connectivity index (χ3v) is 3.25. The second-order valence-corrected chi connectivity index (χ2v) is 5.02. The molecular formula is C14H21NO. The summed E-state index contributed by atoms with van der Waals surface area (Å²) in [6.45, 7) is 7.43. The van der Waals surface area contributed by atoms with Crippen molar-refractivity contribution in [1.82, 2.24) is 0 Å². The number of anilines is 1. The van der Waals surface area contributed by atoms with E-state index in [1.54, 1.807) is 0 Å². The summed E-state index contributed by atoms with van der Waals surface area (Å²) in [5.41, 5.74) is 4.10. The predicted molar refractivity (Wildman–Crippen MR) is 68.0 cm³/mol. The van der Waals surface area contributed by atoms with Gasteiger partial charge < -0.3 is 10.0 Å². The average Bonchev–Trinajstić information content (AvgIpc) is 2.61. The number of aliphatic hydroxyl groups is 1. The summed E-state index contributed by atoms with van der Waals surface area (Å²) in [6.07, 6.45) is 1.63. The molecule has 1 N–H and O–H groups in total. The van der Waals surface area contributed by atoms with E-state index < -0.39 is 0 Å². The Labute approximate surface area is 97.9 Å². The van der Waals surface area contributed by atoms with Gasteiger partial charge in [-0.15, -0.1) is 0 Å². The molecule has 16 heavy (non-hydrogen) atoms. The van der Waals surface area contributed by atoms with Gasteiger partial charge in [0.2, 0.25) is 0 Å². The number of benzene rings is 1. The Morgan fingerprint density at radius 1 is 1.31 bits per heavy atom. The fourth-order valence-electron chi connectivity index (χ4n) is 2.57. The Morgan fingerprint density at radius 3 is 2.69 bits per heavy atom. The molecule has 2 nitrogen and oxygen atoms in total. The van der Waals surface area contributed by atoms with Crippen LogP contribution < -0.4 is 4.90 Å². The Morgan fingerprint density at radius 2 is 2.06 bits per heavy atom. The van der Waals surface area contributed by atoms with Crippen molar-refractivity contribution in [1.29, 1.82) is 0 Å². The van der Waals surface area contributed by atoms with Crippen LogP contribution in [0, 0.1) is 0 Å². The van der Waals surface area contributed by atoms with Gasteiger partial charge in [-0.3, -0.25) is 0 Å². The van der Waals surface area contributed by atoms with Crippen LogP contribution in [0.3, 0.4) is 0 Å². The summed E-state index contributed by atoms with van der Waals surface area (Å²) in [6, 6.07) is 7.01. The highest BCUT2D eigenvalue weighted by Crippen LogP contribution is 2.33. The molecule has 0 saturated carbocycles. The number of hydrogen-bond acceptors (Lipinski definition) is 2. The van der Waals surface area contributed by atoms with E-state index in [0.29, 0.717) is 6.04 Å². The molecule has 0 saturated heterocycles. The zero-order chi connectivity index (χ0) is 11.7. The highest BCUT2D eigenvalue weighted by atomic mass is 16.3. The topological polar surface area (TPSA) is 23.5 Å². The molecule has 0 bridgehead atoms. The summed E-state index contributed by atoms with van der Waals surface area (Å²) in [5.74, 6) is 0. The van der Waals surface area contributed by atoms with Crippen molar-refractivity contribution in [3.63, 3.8) is 0 Å². The second-order valence-electron chi connectivity index (χ2n) is 5.02. The molecule has 1 aromatic carbocycles. The van der Waals surface area contributed by atoms with E-state index in [1.807, 2.05) is 6.92 Å². The number of aliphatic hydroxyl groups excluding tert-OH is 1. The van der Waals surface area contributed by atoms with Gasteiger partial charge in [0.15, 0.2) is 0 Å². The van der Waals surface area contributed by atoms with Crippen LogP contribution in [0.5, 0.6) is 0 Å². The van der Waals surface area contributed by atoms with Gasteiger partial charge in [0.05, 0.1) is 6.10 Å². The number of hydrogen-bond donors (Lipinski definition) is 1. The zero-order valence-corrected chi connectivity index (χ0v) is 10.4. The SMILES string of the molecule is CC(O)Cc1cccc2c1N(C(C)C)CC2. The molecule has 0 radical (unpaired) electrons. The molecule has 0 amide bonds. The van der Waals surface area contributed by atoms with Crippen molar-refractivity contribution in [3.05, 3.63) is 29.3 Å². The molecule has 2 rings (SSSR count). The van der Waals surface area contributed by atoms with Gasteiger partial charge in [-0.1, -0.05) is 18.2 Å². The van der Waals surface area contributed by atoms with E-state index >= 15 is 0 Å². The number of rotatable bonds is 3. The first-order valence-corrected chi connectivity index (χ1v) is 6.15. The van der Waals surface area contributed by atoms with E-state index in [9.17, 15) is 5.11 Å². The standard InChI is InChI=1S/C14H21NO/c1-10(2)15-8-7-12-5-4-6-13(14(12)15)9-11(3)16/h4-6,10-11,16H,7-9H2,1-3H3. The molecule has 88 valence electrons. The van der Waals surface area contributed by atoms with E-state index in [0.717, 1.165) is 19.4 Å². The minimum atomic E-state index is -0.263. The Balaban J connectivity index is 2.37. The van der Waals surface area contributed by atoms with Gasteiger partial charge in [0.1, 0.15) is 0 Å². The van der Waals surface area contributed by atoms with Crippen molar-refractivity contribution >= 4 is 5.69 Å². The summed E-state index contributed by atoms with van der Waals surface area (Å²) < 4.78 is 0. The van der Waals surface area contributed by atoms with Crippen LogP contribution in [-0.2, 0) is 12.8 Å². The highest BCUT2D eigenvalue weighted by molar-refractivity contribution is 5.64. The Kier molecular flexibility index (Phi) is 3.20. The number of para-hydroxylation sites is 1. The monoisotopic (exact) mass is 219 g/mol. The molecule has 0 spiro atoms. The first kappa shape index (κ1) is 11.5. The van der Waals surface area contributed by atoms with Crippen LogP contribution in [-0.4, -0.2) is 23.8 Å². The third kappa shape index (κ3) is 2.07. The smallest absolute Gasteiger partial charge is 0.0553 e. The molecule has 0 aromatic heterocycles. The van der Waals surface area contributed by atoms with Gasteiger partial charge in [-0.25, -0.2) is 0 Å². The normalized spacial score (nSPS) is 16.7. The molecule has 2 heteroatoms. The van der Waals surface area contributed by atoms with Crippen LogP contribution in [0.2, 0.25) is 0 Å².